The van der Waals surface area contributed by atoms with Gasteiger partial charge in [0.15, 0.2) is 0 Å². The molecule has 2 atom stereocenters. The van der Waals surface area contributed by atoms with Gasteiger partial charge < -0.3 is 9.30 Å². The van der Waals surface area contributed by atoms with Crippen molar-refractivity contribution in [2.24, 2.45) is 5.92 Å². The Morgan fingerprint density at radius 1 is 0.885 bits per heavy atom. The predicted molar refractivity (Wildman–Crippen MR) is 211 cm³/mol. The van der Waals surface area contributed by atoms with Crippen LogP contribution in [0.2, 0.25) is 0 Å². The van der Waals surface area contributed by atoms with Crippen LogP contribution in [0, 0.1) is 18.1 Å². The Hall–Kier alpha value is -3.95. The monoisotopic (exact) mass is 871 g/mol. The minimum absolute atomic E-state index is 0. The second-order valence-corrected chi connectivity index (χ2v) is 14.8. The Balaban J connectivity index is 0.00000464. The van der Waals surface area contributed by atoms with Gasteiger partial charge in [0.05, 0.1) is 5.69 Å². The molecule has 6 aromatic rings. The molecule has 1 unspecified atom stereocenters. The van der Waals surface area contributed by atoms with Crippen molar-refractivity contribution in [3.8, 4) is 23.0 Å². The van der Waals surface area contributed by atoms with Crippen molar-refractivity contribution in [2.45, 2.75) is 112 Å². The van der Waals surface area contributed by atoms with Crippen molar-refractivity contribution in [2.75, 3.05) is 0 Å². The Bertz CT molecular complexity index is 2210. The molecule has 7 rings (SSSR count). The molecule has 3 heterocycles. The van der Waals surface area contributed by atoms with E-state index >= 15 is 0 Å². The summed E-state index contributed by atoms with van der Waals surface area (Å²) in [5.74, 6) is 3.53. The molecule has 0 N–H and O–H groups in total. The van der Waals surface area contributed by atoms with Gasteiger partial charge in [-0.1, -0.05) is 96.2 Å². The van der Waals surface area contributed by atoms with Crippen LogP contribution in [0.1, 0.15) is 120 Å². The Kier molecular flexibility index (Phi) is 11.9. The van der Waals surface area contributed by atoms with Gasteiger partial charge in [-0.05, 0) is 85.7 Å². The van der Waals surface area contributed by atoms with Crippen LogP contribution in [0.5, 0.6) is 11.5 Å². The first-order valence-corrected chi connectivity index (χ1v) is 19.2. The summed E-state index contributed by atoms with van der Waals surface area (Å²) in [6, 6.07) is 28.7. The van der Waals surface area contributed by atoms with Gasteiger partial charge >= 0.3 is 21.1 Å². The molecule has 3 aromatic carbocycles. The van der Waals surface area contributed by atoms with Crippen LogP contribution in [-0.2, 0) is 40.3 Å². The van der Waals surface area contributed by atoms with Crippen molar-refractivity contribution < 1.29 is 25.8 Å². The van der Waals surface area contributed by atoms with E-state index in [1.807, 2.05) is 12.3 Å². The van der Waals surface area contributed by atoms with Crippen LogP contribution < -0.4 is 4.74 Å². The fourth-order valence-electron chi connectivity index (χ4n) is 8.17. The molecule has 0 radical (unpaired) electrons. The van der Waals surface area contributed by atoms with Crippen LogP contribution in [0.15, 0.2) is 78.5 Å². The zero-order chi connectivity index (χ0) is 35.6. The van der Waals surface area contributed by atoms with Gasteiger partial charge in [-0.2, -0.15) is 11.2 Å². The number of benzene rings is 3. The van der Waals surface area contributed by atoms with Crippen molar-refractivity contribution in [1.29, 1.82) is 0 Å². The summed E-state index contributed by atoms with van der Waals surface area (Å²) in [5, 5.41) is 7.69. The van der Waals surface area contributed by atoms with Crippen molar-refractivity contribution >= 4 is 21.8 Å². The standard InChI is InChI=1S/C46H52N4O.Pt/c1-8-14-33-23-24-47-44(25-33)49-41-20-12-11-19-38(41)39-22-21-36(29-43(39)49)51-37-27-34(30(4)5)26-35(28-37)50-42(16-10-3)46(40(48-50)15-9-2)45-31(6)17-13-18-32(45)7;/h11-12,17,19-27,30,32,45H,8-10,13-16,18H2,1-7H3;/q-2;+2/t32-,45?;/m0./s1. The number of aromatic nitrogens is 4. The minimum Gasteiger partial charge on any atom is -0.509 e. The SMILES string of the molecule is CCCc1ccnc(-n2c3[c-]c(Oc4[c-]c(-n5nc(CCC)c(C6C(C)=CCC[C@@H]6C)c5CCC)cc(C(C)C)c4)ccc3c3ccccc32)c1.[Pt+2]. The average Bonchev–Trinajstić information content (AvgIpc) is 3.63. The smallest absolute Gasteiger partial charge is 0.509 e. The van der Waals surface area contributed by atoms with Crippen molar-refractivity contribution in [3.05, 3.63) is 119 Å². The number of aryl methyl sites for hydroxylation is 2. The summed E-state index contributed by atoms with van der Waals surface area (Å²) in [6.07, 6.45) is 12.9. The third-order valence-electron chi connectivity index (χ3n) is 10.6. The molecule has 1 aliphatic rings. The number of hydrogen-bond acceptors (Lipinski definition) is 3. The molecule has 0 aliphatic heterocycles. The third kappa shape index (κ3) is 7.31. The summed E-state index contributed by atoms with van der Waals surface area (Å²) in [7, 11) is 0. The second-order valence-electron chi connectivity index (χ2n) is 14.8. The Labute approximate surface area is 324 Å². The van der Waals surface area contributed by atoms with E-state index < -0.39 is 0 Å². The summed E-state index contributed by atoms with van der Waals surface area (Å²) < 4.78 is 11.2. The average molecular weight is 872 g/mol. The van der Waals surface area contributed by atoms with Crippen LogP contribution >= 0.6 is 0 Å². The van der Waals surface area contributed by atoms with E-state index in [4.69, 9.17) is 14.8 Å². The first-order valence-electron chi connectivity index (χ1n) is 19.2. The van der Waals surface area contributed by atoms with E-state index in [0.29, 0.717) is 29.3 Å². The van der Waals surface area contributed by atoms with E-state index in [1.165, 1.54) is 51.9 Å². The molecule has 1 aliphatic carbocycles. The fourth-order valence-corrected chi connectivity index (χ4v) is 8.17. The van der Waals surface area contributed by atoms with Gasteiger partial charge in [0.1, 0.15) is 5.82 Å². The van der Waals surface area contributed by atoms with E-state index in [-0.39, 0.29) is 21.1 Å². The second kappa shape index (κ2) is 16.4. The van der Waals surface area contributed by atoms with Gasteiger partial charge in [0, 0.05) is 40.4 Å². The van der Waals surface area contributed by atoms with Gasteiger partial charge in [-0.3, -0.25) is 4.68 Å². The van der Waals surface area contributed by atoms with Gasteiger partial charge in [-0.25, -0.2) is 4.98 Å². The number of fused-ring (bicyclic) bond motifs is 3. The number of allylic oxidation sites excluding steroid dienone is 2. The first-order chi connectivity index (χ1) is 24.8. The molecule has 6 heteroatoms. The molecule has 0 saturated carbocycles. The number of rotatable bonds is 12. The molecule has 0 fully saturated rings. The molecular weight excluding hydrogens is 820 g/mol. The number of pyridine rings is 1. The minimum atomic E-state index is 0. The summed E-state index contributed by atoms with van der Waals surface area (Å²) in [5.41, 5.74) is 11.0. The first kappa shape index (κ1) is 37.8. The maximum atomic E-state index is 6.73. The van der Waals surface area contributed by atoms with E-state index in [0.717, 1.165) is 66.4 Å². The zero-order valence-corrected chi connectivity index (χ0v) is 34.1. The van der Waals surface area contributed by atoms with Crippen LogP contribution in [0.25, 0.3) is 33.3 Å². The summed E-state index contributed by atoms with van der Waals surface area (Å²) >= 11 is 0. The largest absolute Gasteiger partial charge is 2.00 e. The maximum Gasteiger partial charge on any atom is 2.00 e. The summed E-state index contributed by atoms with van der Waals surface area (Å²) in [4.78, 5) is 4.83. The number of ether oxygens (including phenoxy) is 1. The predicted octanol–water partition coefficient (Wildman–Crippen LogP) is 12.2. The topological polar surface area (TPSA) is 44.9 Å². The molecule has 0 spiro atoms. The Morgan fingerprint density at radius 3 is 2.42 bits per heavy atom. The van der Waals surface area contributed by atoms with E-state index in [1.54, 1.807) is 0 Å². The van der Waals surface area contributed by atoms with Crippen LogP contribution in [0.3, 0.4) is 0 Å². The molecule has 0 bridgehead atoms. The molecule has 0 saturated heterocycles. The van der Waals surface area contributed by atoms with Crippen LogP contribution in [-0.4, -0.2) is 19.3 Å². The molecule has 5 nitrogen and oxygen atoms in total. The Morgan fingerprint density at radius 2 is 1.67 bits per heavy atom. The maximum absolute atomic E-state index is 6.73. The van der Waals surface area contributed by atoms with Gasteiger partial charge in [-0.15, -0.1) is 41.3 Å². The number of hydrogen-bond donors (Lipinski definition) is 0. The van der Waals surface area contributed by atoms with Crippen LogP contribution in [0.4, 0.5) is 0 Å². The quantitative estimate of drug-likeness (QED) is 0.0909. The molecule has 0 amide bonds. The number of nitrogens with zero attached hydrogens (tertiary/aromatic N) is 4. The molecule has 272 valence electrons. The van der Waals surface area contributed by atoms with Crippen molar-refractivity contribution in [1.82, 2.24) is 19.3 Å². The van der Waals surface area contributed by atoms with Gasteiger partial charge in [0.25, 0.3) is 0 Å². The zero-order valence-electron chi connectivity index (χ0n) is 31.8. The fraction of sp³-hybridized carbons (Fsp3) is 0.391. The van der Waals surface area contributed by atoms with Gasteiger partial charge in [0.2, 0.25) is 0 Å². The summed E-state index contributed by atoms with van der Waals surface area (Å²) in [6.45, 7) is 16.0. The van der Waals surface area contributed by atoms with E-state index in [9.17, 15) is 0 Å². The van der Waals surface area contributed by atoms with E-state index in [2.05, 4.69) is 131 Å². The molecule has 3 aromatic heterocycles. The molecular formula is C46H52N4OPt. The third-order valence-corrected chi connectivity index (χ3v) is 10.6. The molecule has 52 heavy (non-hydrogen) atoms. The van der Waals surface area contributed by atoms with Crippen molar-refractivity contribution in [3.63, 3.8) is 0 Å². The number of para-hydroxylation sites is 1. The normalized spacial score (nSPS) is 16.0.